The van der Waals surface area contributed by atoms with Crippen LogP contribution in [0.2, 0.25) is 0 Å². The predicted molar refractivity (Wildman–Crippen MR) is 47.1 cm³/mol. The minimum atomic E-state index is 0.162. The van der Waals surface area contributed by atoms with Crippen molar-refractivity contribution in [2.75, 3.05) is 46.6 Å². The van der Waals surface area contributed by atoms with Gasteiger partial charge in [0.15, 0.2) is 0 Å². The second kappa shape index (κ2) is 8.93. The molecule has 0 saturated carbocycles. The molecule has 0 rings (SSSR count). The molecule has 0 saturated heterocycles. The first-order valence-corrected chi connectivity index (χ1v) is 4.28. The van der Waals surface area contributed by atoms with Crippen molar-refractivity contribution in [3.8, 4) is 0 Å². The number of aliphatic hydroxyl groups excluding tert-OH is 2. The minimum absolute atomic E-state index is 0.162. The van der Waals surface area contributed by atoms with Crippen molar-refractivity contribution in [3.05, 3.63) is 0 Å². The van der Waals surface area contributed by atoms with Crippen LogP contribution in [0.15, 0.2) is 0 Å². The van der Waals surface area contributed by atoms with Crippen LogP contribution in [0.1, 0.15) is 6.42 Å². The summed E-state index contributed by atoms with van der Waals surface area (Å²) in [6.45, 7) is 3.33. The van der Waals surface area contributed by atoms with Crippen LogP contribution in [0, 0.1) is 0 Å². The first-order valence-electron chi connectivity index (χ1n) is 4.28. The molecule has 0 atom stereocenters. The SMILES string of the molecule is COCCN(CCO)CCCO. The molecule has 0 unspecified atom stereocenters. The van der Waals surface area contributed by atoms with Crippen LogP contribution < -0.4 is 0 Å². The Hall–Kier alpha value is -0.160. The van der Waals surface area contributed by atoms with Crippen molar-refractivity contribution >= 4 is 0 Å². The van der Waals surface area contributed by atoms with Gasteiger partial charge in [0, 0.05) is 33.4 Å². The molecule has 0 aromatic heterocycles. The smallest absolute Gasteiger partial charge is 0.0589 e. The lowest BCUT2D eigenvalue weighted by atomic mass is 10.4. The van der Waals surface area contributed by atoms with Crippen LogP contribution in [0.3, 0.4) is 0 Å². The number of hydrogen-bond donors (Lipinski definition) is 2. The van der Waals surface area contributed by atoms with Crippen molar-refractivity contribution < 1.29 is 14.9 Å². The van der Waals surface area contributed by atoms with Gasteiger partial charge < -0.3 is 14.9 Å². The van der Waals surface area contributed by atoms with Crippen LogP contribution in [0.4, 0.5) is 0 Å². The van der Waals surface area contributed by atoms with E-state index in [1.165, 1.54) is 0 Å². The number of methoxy groups -OCH3 is 1. The van der Waals surface area contributed by atoms with Gasteiger partial charge in [-0.15, -0.1) is 0 Å². The molecule has 0 amide bonds. The fourth-order valence-corrected chi connectivity index (χ4v) is 0.992. The third-order valence-corrected chi connectivity index (χ3v) is 1.66. The molecule has 0 radical (unpaired) electrons. The normalized spacial score (nSPS) is 11.0. The number of aliphatic hydroxyl groups is 2. The number of hydrogen-bond acceptors (Lipinski definition) is 4. The third kappa shape index (κ3) is 6.54. The largest absolute Gasteiger partial charge is 0.396 e. The van der Waals surface area contributed by atoms with E-state index in [1.54, 1.807) is 7.11 Å². The van der Waals surface area contributed by atoms with Crippen LogP contribution in [0.5, 0.6) is 0 Å². The van der Waals surface area contributed by atoms with Gasteiger partial charge >= 0.3 is 0 Å². The van der Waals surface area contributed by atoms with Crippen molar-refractivity contribution in [2.24, 2.45) is 0 Å². The molecule has 0 bridgehead atoms. The molecule has 74 valence electrons. The molecule has 0 aromatic rings. The van der Waals surface area contributed by atoms with Gasteiger partial charge in [-0.25, -0.2) is 0 Å². The second-order valence-electron chi connectivity index (χ2n) is 2.64. The molecule has 0 aliphatic rings. The predicted octanol–water partition coefficient (Wildman–Crippen LogP) is -0.690. The number of rotatable bonds is 8. The fraction of sp³-hybridized carbons (Fsp3) is 1.00. The Kier molecular flexibility index (Phi) is 8.81. The van der Waals surface area contributed by atoms with Crippen LogP contribution >= 0.6 is 0 Å². The summed E-state index contributed by atoms with van der Waals surface area (Å²) in [5, 5.41) is 17.3. The van der Waals surface area contributed by atoms with Crippen LogP contribution in [-0.4, -0.2) is 61.7 Å². The lowest BCUT2D eigenvalue weighted by molar-refractivity contribution is 0.124. The second-order valence-corrected chi connectivity index (χ2v) is 2.64. The molecular formula is C8H19NO3. The highest BCUT2D eigenvalue weighted by atomic mass is 16.5. The summed E-state index contributed by atoms with van der Waals surface area (Å²) in [5.41, 5.74) is 0. The van der Waals surface area contributed by atoms with Gasteiger partial charge in [-0.2, -0.15) is 0 Å². The highest BCUT2D eigenvalue weighted by Gasteiger charge is 2.01. The molecule has 4 heteroatoms. The Morgan fingerprint density at radius 1 is 1.08 bits per heavy atom. The average Bonchev–Trinajstić information content (AvgIpc) is 2.10. The molecular weight excluding hydrogens is 158 g/mol. The summed E-state index contributed by atoms with van der Waals surface area (Å²) in [5.74, 6) is 0. The van der Waals surface area contributed by atoms with Crippen molar-refractivity contribution in [1.29, 1.82) is 0 Å². The monoisotopic (exact) mass is 177 g/mol. The lowest BCUT2D eigenvalue weighted by Crippen LogP contribution is -2.31. The highest BCUT2D eigenvalue weighted by molar-refractivity contribution is 4.55. The van der Waals surface area contributed by atoms with Crippen molar-refractivity contribution in [3.63, 3.8) is 0 Å². The Balaban J connectivity index is 3.40. The first kappa shape index (κ1) is 11.8. The molecule has 0 spiro atoms. The van der Waals surface area contributed by atoms with Gasteiger partial charge in [-0.3, -0.25) is 4.90 Å². The molecule has 0 aliphatic heterocycles. The van der Waals surface area contributed by atoms with E-state index < -0.39 is 0 Å². The maximum atomic E-state index is 8.69. The summed E-state index contributed by atoms with van der Waals surface area (Å²) in [4.78, 5) is 2.07. The molecule has 4 nitrogen and oxygen atoms in total. The molecule has 0 heterocycles. The van der Waals surface area contributed by atoms with E-state index in [-0.39, 0.29) is 13.2 Å². The van der Waals surface area contributed by atoms with E-state index in [0.29, 0.717) is 13.2 Å². The minimum Gasteiger partial charge on any atom is -0.396 e. The zero-order chi connectivity index (χ0) is 9.23. The van der Waals surface area contributed by atoms with Gasteiger partial charge in [0.2, 0.25) is 0 Å². The molecule has 0 fully saturated rings. The van der Waals surface area contributed by atoms with Crippen molar-refractivity contribution in [1.82, 2.24) is 4.90 Å². The van der Waals surface area contributed by atoms with Crippen LogP contribution in [-0.2, 0) is 4.74 Å². The van der Waals surface area contributed by atoms with E-state index in [2.05, 4.69) is 4.90 Å². The summed E-state index contributed by atoms with van der Waals surface area (Å²) in [6, 6.07) is 0. The molecule has 2 N–H and O–H groups in total. The standard InChI is InChI=1S/C8H19NO3/c1-12-8-5-9(4-7-11)3-2-6-10/h10-11H,2-8H2,1H3. The Bertz CT molecular complexity index is 82.4. The molecule has 12 heavy (non-hydrogen) atoms. The van der Waals surface area contributed by atoms with Gasteiger partial charge in [0.25, 0.3) is 0 Å². The van der Waals surface area contributed by atoms with Gasteiger partial charge in [0.1, 0.15) is 0 Å². The van der Waals surface area contributed by atoms with Crippen molar-refractivity contribution in [2.45, 2.75) is 6.42 Å². The lowest BCUT2D eigenvalue weighted by Gasteiger charge is -2.19. The number of ether oxygens (including phenoxy) is 1. The van der Waals surface area contributed by atoms with E-state index in [4.69, 9.17) is 14.9 Å². The third-order valence-electron chi connectivity index (χ3n) is 1.66. The Morgan fingerprint density at radius 2 is 1.83 bits per heavy atom. The average molecular weight is 177 g/mol. The van der Waals surface area contributed by atoms with E-state index in [1.807, 2.05) is 0 Å². The zero-order valence-electron chi connectivity index (χ0n) is 7.70. The molecule has 0 aliphatic carbocycles. The van der Waals surface area contributed by atoms with Gasteiger partial charge in [-0.1, -0.05) is 0 Å². The van der Waals surface area contributed by atoms with E-state index in [9.17, 15) is 0 Å². The Morgan fingerprint density at radius 3 is 2.33 bits per heavy atom. The first-order chi connectivity index (χ1) is 5.85. The van der Waals surface area contributed by atoms with Gasteiger partial charge in [0.05, 0.1) is 13.2 Å². The zero-order valence-corrected chi connectivity index (χ0v) is 7.70. The summed E-state index contributed by atoms with van der Waals surface area (Å²) < 4.78 is 4.91. The topological polar surface area (TPSA) is 52.9 Å². The Labute approximate surface area is 73.8 Å². The number of nitrogens with zero attached hydrogens (tertiary/aromatic N) is 1. The maximum absolute atomic E-state index is 8.69. The summed E-state index contributed by atoms with van der Waals surface area (Å²) >= 11 is 0. The van der Waals surface area contributed by atoms with Gasteiger partial charge in [-0.05, 0) is 6.42 Å². The quantitative estimate of drug-likeness (QED) is 0.515. The highest BCUT2D eigenvalue weighted by Crippen LogP contribution is 1.90. The fourth-order valence-electron chi connectivity index (χ4n) is 0.992. The summed E-state index contributed by atoms with van der Waals surface area (Å²) in [6.07, 6.45) is 0.754. The van der Waals surface area contributed by atoms with E-state index in [0.717, 1.165) is 19.5 Å². The molecule has 0 aromatic carbocycles. The maximum Gasteiger partial charge on any atom is 0.0589 e. The van der Waals surface area contributed by atoms with E-state index >= 15 is 0 Å². The summed E-state index contributed by atoms with van der Waals surface area (Å²) in [7, 11) is 1.66. The van der Waals surface area contributed by atoms with Crippen LogP contribution in [0.25, 0.3) is 0 Å².